The molecule has 0 spiro atoms. The fourth-order valence-electron chi connectivity index (χ4n) is 4.12. The second-order valence-electron chi connectivity index (χ2n) is 7.98. The van der Waals surface area contributed by atoms with Gasteiger partial charge < -0.3 is 15.4 Å². The molecular weight excluding hydrogens is 390 g/mol. The number of nitrogens with zero attached hydrogens (tertiary/aromatic N) is 4. The lowest BCUT2D eigenvalue weighted by molar-refractivity contribution is 0.362. The highest BCUT2D eigenvalue weighted by Gasteiger charge is 2.27. The van der Waals surface area contributed by atoms with E-state index >= 15 is 0 Å². The van der Waals surface area contributed by atoms with Crippen LogP contribution in [0.1, 0.15) is 43.7 Å². The summed E-state index contributed by atoms with van der Waals surface area (Å²) in [5.41, 5.74) is 1.77. The number of imidazole rings is 1. The van der Waals surface area contributed by atoms with Crippen molar-refractivity contribution in [2.24, 2.45) is 0 Å². The average Bonchev–Trinajstić information content (AvgIpc) is 3.11. The van der Waals surface area contributed by atoms with E-state index in [0.29, 0.717) is 23.0 Å². The van der Waals surface area contributed by atoms with Gasteiger partial charge in [0.25, 0.3) is 0 Å². The maximum absolute atomic E-state index is 14.7. The molecule has 1 unspecified atom stereocenters. The summed E-state index contributed by atoms with van der Waals surface area (Å²) in [6.07, 6.45) is 6.67. The van der Waals surface area contributed by atoms with Crippen LogP contribution in [0, 0.1) is 11.6 Å². The smallest absolute Gasteiger partial charge is 0.168 e. The molecule has 1 saturated heterocycles. The first-order valence-electron chi connectivity index (χ1n) is 10.4. The highest BCUT2D eigenvalue weighted by molar-refractivity contribution is 5.63. The Hall–Kier alpha value is -2.81. The molecule has 3 aromatic heterocycles. The Labute approximate surface area is 172 Å². The van der Waals surface area contributed by atoms with Crippen LogP contribution >= 0.6 is 0 Å². The zero-order valence-electron chi connectivity index (χ0n) is 16.8. The molecule has 7 nitrogen and oxygen atoms in total. The van der Waals surface area contributed by atoms with E-state index in [1.54, 1.807) is 17.7 Å². The summed E-state index contributed by atoms with van der Waals surface area (Å²) in [6.45, 7) is 1.67. The maximum Gasteiger partial charge on any atom is 0.168 e. The minimum Gasteiger partial charge on any atom is -0.495 e. The summed E-state index contributed by atoms with van der Waals surface area (Å²) in [5.74, 6) is -0.404. The van der Waals surface area contributed by atoms with Gasteiger partial charge in [-0.25, -0.2) is 23.3 Å². The van der Waals surface area contributed by atoms with Crippen molar-refractivity contribution in [2.75, 3.05) is 25.5 Å². The third-order valence-corrected chi connectivity index (χ3v) is 6.01. The van der Waals surface area contributed by atoms with E-state index in [1.807, 2.05) is 0 Å². The van der Waals surface area contributed by atoms with Crippen molar-refractivity contribution < 1.29 is 13.5 Å². The molecule has 5 rings (SSSR count). The van der Waals surface area contributed by atoms with Crippen LogP contribution in [0.5, 0.6) is 5.75 Å². The lowest BCUT2D eigenvalue weighted by atomic mass is 9.82. The largest absolute Gasteiger partial charge is 0.495 e. The Morgan fingerprint density at radius 1 is 1.17 bits per heavy atom. The molecule has 30 heavy (non-hydrogen) atoms. The Balaban J connectivity index is 1.56. The lowest BCUT2D eigenvalue weighted by Gasteiger charge is -2.26. The standard InChI is InChI=1S/C21H24F2N6O/c1-30-17-9-18-25-11-16(29(18)28-19(17)12-4-2-5-12)20-14(22)8-15(23)21(27-20)26-13-6-3-7-24-10-13/h8-9,11-13,24H,2-7,10H2,1H3,(H,26,27). The van der Waals surface area contributed by atoms with Gasteiger partial charge in [0, 0.05) is 30.6 Å². The van der Waals surface area contributed by atoms with E-state index < -0.39 is 11.6 Å². The van der Waals surface area contributed by atoms with Crippen molar-refractivity contribution >= 4 is 11.5 Å². The number of nitrogens with one attached hydrogen (secondary N) is 2. The number of hydrogen-bond acceptors (Lipinski definition) is 6. The van der Waals surface area contributed by atoms with Crippen LogP contribution in [0.2, 0.25) is 0 Å². The number of aromatic nitrogens is 4. The SMILES string of the molecule is COc1cc2ncc(-c3nc(NC4CCCNC4)c(F)cc3F)n2nc1C1CCC1. The van der Waals surface area contributed by atoms with E-state index in [1.165, 1.54) is 6.20 Å². The van der Waals surface area contributed by atoms with E-state index in [4.69, 9.17) is 9.84 Å². The highest BCUT2D eigenvalue weighted by atomic mass is 19.1. The number of fused-ring (bicyclic) bond motifs is 1. The van der Waals surface area contributed by atoms with Gasteiger partial charge in [0.05, 0.1) is 13.3 Å². The molecule has 0 radical (unpaired) electrons. The molecule has 2 aliphatic rings. The lowest BCUT2D eigenvalue weighted by Crippen LogP contribution is -2.38. The third kappa shape index (κ3) is 3.36. The third-order valence-electron chi connectivity index (χ3n) is 6.01. The van der Waals surface area contributed by atoms with Gasteiger partial charge in [0.15, 0.2) is 23.1 Å². The molecule has 2 N–H and O–H groups in total. The molecule has 1 aliphatic heterocycles. The van der Waals surface area contributed by atoms with Crippen LogP contribution in [0.25, 0.3) is 17.0 Å². The van der Waals surface area contributed by atoms with Crippen LogP contribution in [-0.2, 0) is 0 Å². The van der Waals surface area contributed by atoms with Crippen LogP contribution in [0.3, 0.4) is 0 Å². The summed E-state index contributed by atoms with van der Waals surface area (Å²) < 4.78 is 36.2. The molecule has 1 atom stereocenters. The molecule has 0 bridgehead atoms. The quantitative estimate of drug-likeness (QED) is 0.666. The minimum absolute atomic E-state index is 0.0207. The molecule has 3 aromatic rings. The monoisotopic (exact) mass is 414 g/mol. The first-order chi connectivity index (χ1) is 14.6. The number of methoxy groups -OCH3 is 1. The zero-order chi connectivity index (χ0) is 20.7. The van der Waals surface area contributed by atoms with Crippen LogP contribution in [0.15, 0.2) is 18.3 Å². The number of halogens is 2. The van der Waals surface area contributed by atoms with Gasteiger partial charge in [0.2, 0.25) is 0 Å². The highest BCUT2D eigenvalue weighted by Crippen LogP contribution is 2.40. The molecule has 1 aliphatic carbocycles. The van der Waals surface area contributed by atoms with Crippen molar-refractivity contribution in [1.82, 2.24) is 24.9 Å². The molecule has 2 fully saturated rings. The molecule has 9 heteroatoms. The van der Waals surface area contributed by atoms with Gasteiger partial charge in [0.1, 0.15) is 22.8 Å². The second-order valence-corrected chi connectivity index (χ2v) is 7.98. The van der Waals surface area contributed by atoms with Gasteiger partial charge in [-0.3, -0.25) is 0 Å². The summed E-state index contributed by atoms with van der Waals surface area (Å²) in [6, 6.07) is 2.73. The molecule has 4 heterocycles. The molecular formula is C21H24F2N6O. The Bertz CT molecular complexity index is 1080. The first-order valence-corrected chi connectivity index (χ1v) is 10.4. The van der Waals surface area contributed by atoms with Crippen molar-refractivity contribution in [3.8, 4) is 17.1 Å². The molecule has 158 valence electrons. The van der Waals surface area contributed by atoms with Gasteiger partial charge >= 0.3 is 0 Å². The summed E-state index contributed by atoms with van der Waals surface area (Å²) >= 11 is 0. The molecule has 0 aromatic carbocycles. The number of ether oxygens (including phenoxy) is 1. The number of piperidine rings is 1. The van der Waals surface area contributed by atoms with E-state index in [0.717, 1.165) is 57.0 Å². The van der Waals surface area contributed by atoms with Crippen LogP contribution in [0.4, 0.5) is 14.6 Å². The van der Waals surface area contributed by atoms with Gasteiger partial charge in [-0.05, 0) is 32.2 Å². The fraction of sp³-hybridized carbons (Fsp3) is 0.476. The Kier molecular flexibility index (Phi) is 4.98. The van der Waals surface area contributed by atoms with Crippen molar-refractivity contribution in [1.29, 1.82) is 0 Å². The predicted molar refractivity (Wildman–Crippen MR) is 109 cm³/mol. The maximum atomic E-state index is 14.7. The normalized spacial score (nSPS) is 19.6. The summed E-state index contributed by atoms with van der Waals surface area (Å²) in [4.78, 5) is 8.64. The van der Waals surface area contributed by atoms with Gasteiger partial charge in [-0.1, -0.05) is 6.42 Å². The number of anilines is 1. The number of hydrogen-bond donors (Lipinski definition) is 2. The fourth-order valence-corrected chi connectivity index (χ4v) is 4.12. The van der Waals surface area contributed by atoms with Crippen LogP contribution < -0.4 is 15.4 Å². The summed E-state index contributed by atoms with van der Waals surface area (Å²) in [5, 5.41) is 11.1. The molecule has 0 amide bonds. The first kappa shape index (κ1) is 19.2. The topological polar surface area (TPSA) is 76.4 Å². The van der Waals surface area contributed by atoms with E-state index in [9.17, 15) is 8.78 Å². The number of pyridine rings is 1. The van der Waals surface area contributed by atoms with Crippen molar-refractivity contribution in [3.63, 3.8) is 0 Å². The van der Waals surface area contributed by atoms with Crippen LogP contribution in [-0.4, -0.2) is 45.8 Å². The summed E-state index contributed by atoms with van der Waals surface area (Å²) in [7, 11) is 1.61. The zero-order valence-corrected chi connectivity index (χ0v) is 16.8. The second kappa shape index (κ2) is 7.79. The average molecular weight is 414 g/mol. The van der Waals surface area contributed by atoms with Gasteiger partial charge in [-0.15, -0.1) is 0 Å². The van der Waals surface area contributed by atoms with Crippen molar-refractivity contribution in [3.05, 3.63) is 35.7 Å². The minimum atomic E-state index is -0.746. The number of rotatable bonds is 5. The van der Waals surface area contributed by atoms with E-state index in [2.05, 4.69) is 20.6 Å². The Morgan fingerprint density at radius 2 is 2.03 bits per heavy atom. The van der Waals surface area contributed by atoms with Crippen molar-refractivity contribution in [2.45, 2.75) is 44.1 Å². The van der Waals surface area contributed by atoms with Gasteiger partial charge in [-0.2, -0.15) is 5.10 Å². The molecule has 1 saturated carbocycles. The Morgan fingerprint density at radius 3 is 2.73 bits per heavy atom. The van der Waals surface area contributed by atoms with E-state index in [-0.39, 0.29) is 17.6 Å². The predicted octanol–water partition coefficient (Wildman–Crippen LogP) is 3.51.